The lowest BCUT2D eigenvalue weighted by molar-refractivity contribution is -0.152. The molecule has 8 nitrogen and oxygen atoms in total. The maximum Gasteiger partial charge on any atom is 0.326 e. The Morgan fingerprint density at radius 2 is 1.73 bits per heavy atom. The van der Waals surface area contributed by atoms with Gasteiger partial charge in [-0.25, -0.2) is 0 Å². The summed E-state index contributed by atoms with van der Waals surface area (Å²) in [4.78, 5) is 63.8. The summed E-state index contributed by atoms with van der Waals surface area (Å²) in [6, 6.07) is 6.62. The molecule has 2 heterocycles. The molecule has 1 aromatic rings. The van der Waals surface area contributed by atoms with Gasteiger partial charge in [0.2, 0.25) is 17.7 Å². The van der Waals surface area contributed by atoms with Gasteiger partial charge in [0.1, 0.15) is 6.54 Å². The summed E-state index contributed by atoms with van der Waals surface area (Å²) >= 11 is 0. The average molecular weight is 410 g/mol. The van der Waals surface area contributed by atoms with Gasteiger partial charge >= 0.3 is 5.97 Å². The Bertz CT molecular complexity index is 927. The minimum Gasteiger partial charge on any atom is -0.456 e. The zero-order valence-electron chi connectivity index (χ0n) is 16.4. The molecule has 3 aliphatic rings. The summed E-state index contributed by atoms with van der Waals surface area (Å²) in [5.41, 5.74) is 0.963. The molecule has 1 aromatic carbocycles. The number of anilines is 1. The Morgan fingerprint density at radius 1 is 1.03 bits per heavy atom. The van der Waals surface area contributed by atoms with E-state index in [9.17, 15) is 24.0 Å². The quantitative estimate of drug-likeness (QED) is 0.305. The molecule has 0 N–H and O–H groups in total. The molecule has 3 amide bonds. The molecule has 2 fully saturated rings. The lowest BCUT2D eigenvalue weighted by Gasteiger charge is -2.16. The van der Waals surface area contributed by atoms with Crippen molar-refractivity contribution in [2.45, 2.75) is 25.7 Å². The molecule has 8 heteroatoms. The number of carbonyl (C=O) groups is 5. The number of Topliss-reactive ketones (excluding diaryl/α,β-unsaturated/α-hetero) is 1. The van der Waals surface area contributed by atoms with Gasteiger partial charge in [0, 0.05) is 24.2 Å². The van der Waals surface area contributed by atoms with Crippen molar-refractivity contribution in [3.05, 3.63) is 42.0 Å². The lowest BCUT2D eigenvalue weighted by Crippen LogP contribution is -2.37. The zero-order valence-corrected chi connectivity index (χ0v) is 16.4. The minimum atomic E-state index is -0.803. The number of nitrogens with zero attached hydrogens (tertiary/aromatic N) is 2. The fourth-order valence-corrected chi connectivity index (χ4v) is 4.20. The third-order valence-corrected chi connectivity index (χ3v) is 5.80. The summed E-state index contributed by atoms with van der Waals surface area (Å²) in [7, 11) is 0. The molecule has 2 saturated heterocycles. The van der Waals surface area contributed by atoms with E-state index >= 15 is 0 Å². The number of ketones is 1. The van der Waals surface area contributed by atoms with Crippen LogP contribution in [0.3, 0.4) is 0 Å². The van der Waals surface area contributed by atoms with Crippen LogP contribution in [0.25, 0.3) is 0 Å². The minimum absolute atomic E-state index is 0.0155. The normalized spacial score (nSPS) is 23.1. The number of hydrogen-bond acceptors (Lipinski definition) is 6. The summed E-state index contributed by atoms with van der Waals surface area (Å²) in [6.07, 6.45) is 6.00. The van der Waals surface area contributed by atoms with Crippen molar-refractivity contribution in [1.82, 2.24) is 4.90 Å². The first-order chi connectivity index (χ1) is 14.5. The molecule has 156 valence electrons. The van der Waals surface area contributed by atoms with Crippen LogP contribution in [0.4, 0.5) is 5.69 Å². The largest absolute Gasteiger partial charge is 0.456 e. The number of amides is 3. The van der Waals surface area contributed by atoms with Gasteiger partial charge in [-0.2, -0.15) is 0 Å². The molecule has 2 aliphatic heterocycles. The van der Waals surface area contributed by atoms with Gasteiger partial charge in [0.05, 0.1) is 11.8 Å². The fraction of sp³-hybridized carbons (Fsp3) is 0.409. The van der Waals surface area contributed by atoms with E-state index in [1.165, 1.54) is 0 Å². The van der Waals surface area contributed by atoms with E-state index in [4.69, 9.17) is 4.74 Å². The van der Waals surface area contributed by atoms with Crippen molar-refractivity contribution in [3.8, 4) is 0 Å². The van der Waals surface area contributed by atoms with Gasteiger partial charge in [-0.1, -0.05) is 24.3 Å². The molecule has 0 unspecified atom stereocenters. The van der Waals surface area contributed by atoms with Gasteiger partial charge in [-0.3, -0.25) is 28.9 Å². The Hall–Kier alpha value is -3.29. The van der Waals surface area contributed by atoms with Gasteiger partial charge < -0.3 is 9.64 Å². The van der Waals surface area contributed by atoms with Crippen molar-refractivity contribution >= 4 is 35.2 Å². The van der Waals surface area contributed by atoms with E-state index in [-0.39, 0.29) is 17.7 Å². The molecule has 4 rings (SSSR count). The van der Waals surface area contributed by atoms with Crippen molar-refractivity contribution < 1.29 is 28.7 Å². The highest BCUT2D eigenvalue weighted by molar-refractivity contribution is 6.07. The van der Waals surface area contributed by atoms with Gasteiger partial charge in [-0.15, -0.1) is 0 Å². The van der Waals surface area contributed by atoms with Crippen molar-refractivity contribution in [2.75, 3.05) is 24.6 Å². The third kappa shape index (κ3) is 3.77. The summed E-state index contributed by atoms with van der Waals surface area (Å²) in [6.45, 7) is -0.373. The Morgan fingerprint density at radius 3 is 2.37 bits per heavy atom. The number of carbonyl (C=O) groups excluding carboxylic acids is 5. The number of hydrogen-bond donors (Lipinski definition) is 0. The summed E-state index contributed by atoms with van der Waals surface area (Å²) < 4.78 is 5.03. The monoisotopic (exact) mass is 410 g/mol. The van der Waals surface area contributed by atoms with E-state index in [1.54, 1.807) is 29.2 Å². The highest BCUT2D eigenvalue weighted by Crippen LogP contribution is 2.34. The number of allylic oxidation sites excluding steroid dienone is 2. The maximum absolute atomic E-state index is 12.4. The van der Waals surface area contributed by atoms with Crippen LogP contribution in [0.2, 0.25) is 0 Å². The fourth-order valence-electron chi connectivity index (χ4n) is 4.20. The molecule has 0 spiro atoms. The van der Waals surface area contributed by atoms with Gasteiger partial charge in [0.25, 0.3) is 0 Å². The number of ether oxygens (including phenoxy) is 1. The summed E-state index contributed by atoms with van der Waals surface area (Å²) in [5, 5.41) is 0. The molecule has 0 aromatic heterocycles. The zero-order chi connectivity index (χ0) is 21.3. The van der Waals surface area contributed by atoms with Crippen molar-refractivity contribution in [3.63, 3.8) is 0 Å². The van der Waals surface area contributed by atoms with Crippen LogP contribution < -0.4 is 4.90 Å². The van der Waals surface area contributed by atoms with Crippen LogP contribution in [0.5, 0.6) is 0 Å². The molecule has 2 atom stereocenters. The van der Waals surface area contributed by atoms with Crippen LogP contribution in [0.15, 0.2) is 36.4 Å². The Labute approximate surface area is 173 Å². The predicted octanol–water partition coefficient (Wildman–Crippen LogP) is 1.49. The topological polar surface area (TPSA) is 101 Å². The van der Waals surface area contributed by atoms with E-state index in [2.05, 4.69) is 0 Å². The van der Waals surface area contributed by atoms with Crippen LogP contribution in [-0.2, 0) is 23.9 Å². The number of benzene rings is 1. The first-order valence-corrected chi connectivity index (χ1v) is 10.0. The number of fused-ring (bicyclic) bond motifs is 1. The molecule has 0 bridgehead atoms. The lowest BCUT2D eigenvalue weighted by atomic mass is 9.85. The summed E-state index contributed by atoms with van der Waals surface area (Å²) in [5.74, 6) is -2.75. The van der Waals surface area contributed by atoms with Crippen LogP contribution >= 0.6 is 0 Å². The maximum atomic E-state index is 12.4. The van der Waals surface area contributed by atoms with E-state index in [0.717, 1.165) is 11.3 Å². The molecular formula is C22H22N2O6. The second kappa shape index (κ2) is 8.22. The number of likely N-dealkylation sites (tertiary alicyclic amines) is 1. The molecule has 1 aliphatic carbocycles. The average Bonchev–Trinajstić information content (AvgIpc) is 3.29. The second-order valence-electron chi connectivity index (χ2n) is 7.70. The van der Waals surface area contributed by atoms with Gasteiger partial charge in [-0.05, 0) is 31.4 Å². The molecule has 0 saturated carbocycles. The molecule has 0 radical (unpaired) electrons. The number of rotatable bonds is 6. The van der Waals surface area contributed by atoms with Crippen molar-refractivity contribution in [1.29, 1.82) is 0 Å². The van der Waals surface area contributed by atoms with Crippen LogP contribution in [0.1, 0.15) is 36.0 Å². The van der Waals surface area contributed by atoms with Gasteiger partial charge in [0.15, 0.2) is 12.4 Å². The van der Waals surface area contributed by atoms with Crippen LogP contribution in [0, 0.1) is 11.8 Å². The third-order valence-electron chi connectivity index (χ3n) is 5.80. The van der Waals surface area contributed by atoms with E-state index in [0.29, 0.717) is 37.1 Å². The van der Waals surface area contributed by atoms with E-state index < -0.39 is 36.7 Å². The SMILES string of the molecule is O=C(CN1C(=O)[C@H]2CC=CC[C@H]2C1=O)OCC(=O)c1cccc(N2CCCC2=O)c1. The van der Waals surface area contributed by atoms with Crippen molar-refractivity contribution in [2.24, 2.45) is 11.8 Å². The standard InChI is InChI=1S/C22H22N2O6/c25-18(14-5-3-6-15(11-14)23-10-4-9-19(23)26)13-30-20(27)12-24-21(28)16-7-1-2-8-17(16)22(24)29/h1-3,5-6,11,16-17H,4,7-10,12-13H2/t16-,17+. The Balaban J connectivity index is 1.33. The highest BCUT2D eigenvalue weighted by Gasteiger charge is 2.47. The highest BCUT2D eigenvalue weighted by atomic mass is 16.5. The first kappa shape index (κ1) is 20.0. The van der Waals surface area contributed by atoms with E-state index in [1.807, 2.05) is 12.2 Å². The smallest absolute Gasteiger partial charge is 0.326 e. The predicted molar refractivity (Wildman–Crippen MR) is 105 cm³/mol. The molecule has 30 heavy (non-hydrogen) atoms. The second-order valence-corrected chi connectivity index (χ2v) is 7.70. The Kier molecular flexibility index (Phi) is 5.48. The molecular weight excluding hydrogens is 388 g/mol. The number of imide groups is 1. The first-order valence-electron chi connectivity index (χ1n) is 10.0. The number of esters is 1. The van der Waals surface area contributed by atoms with Crippen LogP contribution in [-0.4, -0.2) is 54.1 Å².